The number of carbonyl (C=O) groups is 2. The van der Waals surface area contributed by atoms with Crippen molar-refractivity contribution in [3.05, 3.63) is 88.5 Å². The molecule has 0 N–H and O–H groups in total. The summed E-state index contributed by atoms with van der Waals surface area (Å²) in [5, 5.41) is 0. The summed E-state index contributed by atoms with van der Waals surface area (Å²) in [5.41, 5.74) is 7.09. The van der Waals surface area contributed by atoms with E-state index in [1.165, 1.54) is 12.7 Å². The number of benzene rings is 3. The van der Waals surface area contributed by atoms with Crippen molar-refractivity contribution in [2.75, 3.05) is 21.3 Å². The zero-order chi connectivity index (χ0) is 25.8. The molecule has 36 heavy (non-hydrogen) atoms. The Labute approximate surface area is 212 Å². The average Bonchev–Trinajstić information content (AvgIpc) is 3.25. The lowest BCUT2D eigenvalue weighted by Gasteiger charge is -2.33. The molecule has 0 fully saturated rings. The predicted octanol–water partition coefficient (Wildman–Crippen LogP) is 5.05. The van der Waals surface area contributed by atoms with Crippen LogP contribution in [0.25, 0.3) is 11.1 Å². The van der Waals surface area contributed by atoms with Crippen LogP contribution in [0.3, 0.4) is 0 Å². The fraction of sp³-hybridized carbons (Fsp3) is 0.333. The van der Waals surface area contributed by atoms with Crippen molar-refractivity contribution in [2.24, 2.45) is 0 Å². The van der Waals surface area contributed by atoms with E-state index in [1.807, 2.05) is 48.2 Å². The highest BCUT2D eigenvalue weighted by atomic mass is 16.5. The first kappa shape index (κ1) is 25.5. The van der Waals surface area contributed by atoms with Crippen LogP contribution < -0.4 is 4.74 Å². The van der Waals surface area contributed by atoms with Gasteiger partial charge in [0.05, 0.1) is 32.8 Å². The van der Waals surface area contributed by atoms with Gasteiger partial charge >= 0.3 is 5.97 Å². The third kappa shape index (κ3) is 5.14. The molecule has 3 aromatic rings. The molecule has 0 aliphatic heterocycles. The van der Waals surface area contributed by atoms with E-state index in [9.17, 15) is 9.59 Å². The van der Waals surface area contributed by atoms with Crippen molar-refractivity contribution in [1.82, 2.24) is 4.90 Å². The molecule has 0 spiro atoms. The zero-order valence-corrected chi connectivity index (χ0v) is 21.5. The lowest BCUT2D eigenvalue weighted by atomic mass is 9.94. The summed E-state index contributed by atoms with van der Waals surface area (Å²) in [6.45, 7) is 4.06. The quantitative estimate of drug-likeness (QED) is 0.416. The molecule has 0 aromatic heterocycles. The van der Waals surface area contributed by atoms with Gasteiger partial charge in [0.2, 0.25) is 5.91 Å². The van der Waals surface area contributed by atoms with Crippen LogP contribution in [-0.4, -0.2) is 44.2 Å². The van der Waals surface area contributed by atoms with Crippen molar-refractivity contribution in [1.29, 1.82) is 0 Å². The minimum atomic E-state index is -0.302. The first-order chi connectivity index (χ1) is 17.4. The normalized spacial score (nSPS) is 16.4. The Morgan fingerprint density at radius 2 is 1.75 bits per heavy atom. The summed E-state index contributed by atoms with van der Waals surface area (Å²) in [5.74, 6) is 0.380. The van der Waals surface area contributed by atoms with Crippen LogP contribution in [0.1, 0.15) is 40.8 Å². The van der Waals surface area contributed by atoms with E-state index in [2.05, 4.69) is 24.3 Å². The number of esters is 1. The Hall–Kier alpha value is -3.64. The van der Waals surface area contributed by atoms with Crippen molar-refractivity contribution in [3.63, 3.8) is 0 Å². The van der Waals surface area contributed by atoms with E-state index in [0.717, 1.165) is 39.8 Å². The fourth-order valence-corrected chi connectivity index (χ4v) is 5.14. The Morgan fingerprint density at radius 3 is 2.44 bits per heavy atom. The summed E-state index contributed by atoms with van der Waals surface area (Å²) in [7, 11) is 4.72. The highest BCUT2D eigenvalue weighted by molar-refractivity contribution is 5.79. The number of ether oxygens (including phenoxy) is 3. The van der Waals surface area contributed by atoms with Gasteiger partial charge in [0.25, 0.3) is 0 Å². The van der Waals surface area contributed by atoms with Gasteiger partial charge in [0.1, 0.15) is 5.75 Å². The Kier molecular flexibility index (Phi) is 7.75. The monoisotopic (exact) mass is 487 g/mol. The topological polar surface area (TPSA) is 65.1 Å². The summed E-state index contributed by atoms with van der Waals surface area (Å²) >= 11 is 0. The van der Waals surface area contributed by atoms with Gasteiger partial charge in [0, 0.05) is 32.6 Å². The molecule has 6 nitrogen and oxygen atoms in total. The molecular weight excluding hydrogens is 454 g/mol. The van der Waals surface area contributed by atoms with Gasteiger partial charge in [0.15, 0.2) is 0 Å². The SMILES string of the molecule is COC(=O)Cc1ccc(OC)c(-c2ccc(C)cc2CN(C(C)=O)[C@@H]2c3ccccc3C[C@@H]2OC)c1. The standard InChI is InChI=1S/C30H33NO5/c1-19-10-12-24(26-15-21(16-29(33)36-5)11-13-27(26)34-3)23(14-19)18-31(20(2)32)30-25-9-7-6-8-22(25)17-28(30)35-4/h6-15,28,30H,16-18H2,1-5H3/t28-,30+/m0/s1. The summed E-state index contributed by atoms with van der Waals surface area (Å²) in [6, 6.07) is 20.0. The molecule has 2 atom stereocenters. The lowest BCUT2D eigenvalue weighted by Crippen LogP contribution is -2.38. The van der Waals surface area contributed by atoms with Crippen LogP contribution in [0, 0.1) is 6.92 Å². The minimum absolute atomic E-state index is 0.0161. The largest absolute Gasteiger partial charge is 0.496 e. The molecular formula is C30H33NO5. The molecule has 1 amide bonds. The molecule has 4 rings (SSSR count). The lowest BCUT2D eigenvalue weighted by molar-refractivity contribution is -0.139. The van der Waals surface area contributed by atoms with E-state index in [-0.39, 0.29) is 30.4 Å². The molecule has 6 heteroatoms. The van der Waals surface area contributed by atoms with Gasteiger partial charge in [-0.05, 0) is 46.9 Å². The highest BCUT2D eigenvalue weighted by Gasteiger charge is 2.38. The number of hydrogen-bond donors (Lipinski definition) is 0. The van der Waals surface area contributed by atoms with E-state index >= 15 is 0 Å². The average molecular weight is 488 g/mol. The molecule has 0 radical (unpaired) electrons. The predicted molar refractivity (Wildman–Crippen MR) is 139 cm³/mol. The van der Waals surface area contributed by atoms with E-state index in [4.69, 9.17) is 14.2 Å². The van der Waals surface area contributed by atoms with Crippen LogP contribution in [0.5, 0.6) is 5.75 Å². The molecule has 0 saturated carbocycles. The molecule has 1 aliphatic rings. The Bertz CT molecular complexity index is 1270. The van der Waals surface area contributed by atoms with Gasteiger partial charge in [-0.2, -0.15) is 0 Å². The van der Waals surface area contributed by atoms with E-state index in [0.29, 0.717) is 12.3 Å². The highest BCUT2D eigenvalue weighted by Crippen LogP contribution is 2.40. The number of nitrogens with zero attached hydrogens (tertiary/aromatic N) is 1. The maximum Gasteiger partial charge on any atom is 0.309 e. The van der Waals surface area contributed by atoms with Crippen LogP contribution >= 0.6 is 0 Å². The maximum atomic E-state index is 13.1. The molecule has 1 aliphatic carbocycles. The minimum Gasteiger partial charge on any atom is -0.496 e. The third-order valence-electron chi connectivity index (χ3n) is 6.92. The maximum absolute atomic E-state index is 13.1. The second kappa shape index (κ2) is 11.0. The molecule has 0 heterocycles. The van der Waals surface area contributed by atoms with Gasteiger partial charge in [-0.1, -0.05) is 54.1 Å². The number of carbonyl (C=O) groups excluding carboxylic acids is 2. The van der Waals surface area contributed by atoms with E-state index in [1.54, 1.807) is 21.1 Å². The number of rotatable bonds is 8. The molecule has 0 saturated heterocycles. The van der Waals surface area contributed by atoms with Crippen LogP contribution in [0.2, 0.25) is 0 Å². The zero-order valence-electron chi connectivity index (χ0n) is 21.5. The molecule has 0 bridgehead atoms. The number of hydrogen-bond acceptors (Lipinski definition) is 5. The van der Waals surface area contributed by atoms with Crippen molar-refractivity contribution >= 4 is 11.9 Å². The number of fused-ring (bicyclic) bond motifs is 1. The smallest absolute Gasteiger partial charge is 0.309 e. The van der Waals surface area contributed by atoms with Gasteiger partial charge < -0.3 is 19.1 Å². The second-order valence-electron chi connectivity index (χ2n) is 9.22. The molecule has 188 valence electrons. The van der Waals surface area contributed by atoms with Crippen LogP contribution in [0.4, 0.5) is 0 Å². The summed E-state index contributed by atoms with van der Waals surface area (Å²) in [6.07, 6.45) is 0.825. The third-order valence-corrected chi connectivity index (χ3v) is 6.92. The summed E-state index contributed by atoms with van der Waals surface area (Å²) < 4.78 is 16.4. The van der Waals surface area contributed by atoms with Crippen molar-refractivity contribution in [3.8, 4) is 16.9 Å². The Morgan fingerprint density at radius 1 is 0.972 bits per heavy atom. The van der Waals surface area contributed by atoms with Gasteiger partial charge in [-0.3, -0.25) is 9.59 Å². The van der Waals surface area contributed by atoms with Crippen LogP contribution in [-0.2, 0) is 38.4 Å². The van der Waals surface area contributed by atoms with Gasteiger partial charge in [-0.15, -0.1) is 0 Å². The van der Waals surface area contributed by atoms with Crippen LogP contribution in [0.15, 0.2) is 60.7 Å². The fourth-order valence-electron chi connectivity index (χ4n) is 5.14. The first-order valence-corrected chi connectivity index (χ1v) is 12.1. The van der Waals surface area contributed by atoms with E-state index < -0.39 is 0 Å². The molecule has 0 unspecified atom stereocenters. The number of amides is 1. The molecule has 3 aromatic carbocycles. The second-order valence-corrected chi connectivity index (χ2v) is 9.22. The number of methoxy groups -OCH3 is 3. The first-order valence-electron chi connectivity index (χ1n) is 12.1. The van der Waals surface area contributed by atoms with Crippen molar-refractivity contribution < 1.29 is 23.8 Å². The van der Waals surface area contributed by atoms with Gasteiger partial charge in [-0.25, -0.2) is 0 Å². The number of aryl methyl sites for hydroxylation is 1. The van der Waals surface area contributed by atoms with Crippen molar-refractivity contribution in [2.45, 2.75) is 45.4 Å². The summed E-state index contributed by atoms with van der Waals surface area (Å²) in [4.78, 5) is 26.9. The Balaban J connectivity index is 1.78.